The van der Waals surface area contributed by atoms with Crippen molar-refractivity contribution in [2.45, 2.75) is 97.3 Å². The number of anilines is 2. The molecule has 6 rings (SSSR count). The van der Waals surface area contributed by atoms with Gasteiger partial charge in [-0.05, 0) is 50.6 Å². The molecule has 0 amide bonds. The molecule has 1 N–H and O–H groups in total. The Balaban J connectivity index is 1.25. The number of rotatable bonds is 16. The summed E-state index contributed by atoms with van der Waals surface area (Å²) < 4.78 is 17.9. The molecule has 56 heavy (non-hydrogen) atoms. The molecule has 1 fully saturated rings. The Morgan fingerprint density at radius 1 is 0.982 bits per heavy atom. The molecule has 0 radical (unpaired) electrons. The molecule has 1 aliphatic heterocycles. The fourth-order valence-electron chi connectivity index (χ4n) is 6.22. The van der Waals surface area contributed by atoms with E-state index in [-0.39, 0.29) is 23.4 Å². The van der Waals surface area contributed by atoms with E-state index < -0.39 is 16.4 Å². The Hall–Kier alpha value is -3.59. The molecule has 1 unspecified atom stereocenters. The molecule has 5 aromatic rings. The quantitative estimate of drug-likeness (QED) is 0.0795. The van der Waals surface area contributed by atoms with Crippen molar-refractivity contribution in [3.63, 3.8) is 0 Å². The summed E-state index contributed by atoms with van der Waals surface area (Å²) in [6, 6.07) is 4.91. The minimum atomic E-state index is -1.90. The van der Waals surface area contributed by atoms with Gasteiger partial charge < -0.3 is 19.4 Å². The third-order valence-corrected chi connectivity index (χ3v) is 18.3. The largest absolute Gasteiger partial charge is 0.417 e. The minimum Gasteiger partial charge on any atom is -0.417 e. The van der Waals surface area contributed by atoms with Crippen molar-refractivity contribution >= 4 is 50.3 Å². The predicted octanol–water partition coefficient (Wildman–Crippen LogP) is 7.29. The Labute approximate surface area is 337 Å². The molecule has 0 saturated carbocycles. The summed E-state index contributed by atoms with van der Waals surface area (Å²) >= 11 is 1.70. The van der Waals surface area contributed by atoms with Crippen molar-refractivity contribution in [2.24, 2.45) is 7.05 Å². The standard InChI is InChI=1S/C39H61N11O3SSi2/c1-28(13-19-53-56(10,11)39(2,3)4)50-32-22-34(41-24-30(32)35(45-50)37-42-23-29(54-37)25-48-17-15-46(5)16-18-48)43-33-12-14-40-36(44-33)31-26-49(47(6)38(31)51)27-52-20-21-55(7,8)9/h12,14,22-24,26,28H,13,15-21,25,27H2,1-11H3,(H,40,41,43,44). The number of aromatic nitrogens is 8. The van der Waals surface area contributed by atoms with Gasteiger partial charge in [-0.25, -0.2) is 19.9 Å². The molecule has 304 valence electrons. The zero-order chi connectivity index (χ0) is 40.4. The SMILES string of the molecule is CC(CCO[Si](C)(C)C(C)(C)C)n1nc(-c2ncc(CN3CCN(C)CC3)s2)c2cnc(Nc3ccnc(-c4cn(COCC[Si](C)(C)C)n(C)c4=O)n3)cc21. The van der Waals surface area contributed by atoms with Gasteiger partial charge in [0.05, 0.1) is 11.6 Å². The third-order valence-electron chi connectivity index (χ3n) is 11.1. The molecule has 0 aromatic carbocycles. The number of thiazole rings is 1. The van der Waals surface area contributed by atoms with E-state index in [1.165, 1.54) is 9.56 Å². The van der Waals surface area contributed by atoms with Crippen LogP contribution < -0.4 is 10.9 Å². The van der Waals surface area contributed by atoms with Crippen LogP contribution in [0.1, 0.15) is 45.0 Å². The maximum Gasteiger partial charge on any atom is 0.277 e. The second-order valence-electron chi connectivity index (χ2n) is 17.9. The molecule has 17 heteroatoms. The van der Waals surface area contributed by atoms with Crippen LogP contribution in [-0.2, 0) is 29.5 Å². The third kappa shape index (κ3) is 10.1. The van der Waals surface area contributed by atoms with Gasteiger partial charge in [-0.2, -0.15) is 5.10 Å². The van der Waals surface area contributed by atoms with E-state index in [0.29, 0.717) is 36.2 Å². The number of nitrogens with one attached hydrogen (secondary N) is 1. The molecule has 0 aliphatic carbocycles. The second-order valence-corrected chi connectivity index (χ2v) is 29.4. The van der Waals surface area contributed by atoms with Gasteiger partial charge in [-0.1, -0.05) is 40.4 Å². The molecular formula is C39H61N11O3SSi2. The lowest BCUT2D eigenvalue weighted by Gasteiger charge is -2.36. The number of fused-ring (bicyclic) bond motifs is 1. The molecule has 1 saturated heterocycles. The van der Waals surface area contributed by atoms with Gasteiger partial charge in [0.15, 0.2) is 14.1 Å². The van der Waals surface area contributed by atoms with Gasteiger partial charge in [-0.15, -0.1) is 11.3 Å². The first-order chi connectivity index (χ1) is 26.4. The summed E-state index contributed by atoms with van der Waals surface area (Å²) in [5.74, 6) is 1.46. The van der Waals surface area contributed by atoms with Crippen molar-refractivity contribution < 1.29 is 9.16 Å². The second kappa shape index (κ2) is 17.1. The van der Waals surface area contributed by atoms with Crippen molar-refractivity contribution in [1.82, 2.24) is 48.9 Å². The maximum absolute atomic E-state index is 13.3. The van der Waals surface area contributed by atoms with E-state index in [4.69, 9.17) is 29.2 Å². The molecule has 1 aliphatic rings. The molecule has 0 spiro atoms. The van der Waals surface area contributed by atoms with E-state index >= 15 is 0 Å². The van der Waals surface area contributed by atoms with Gasteiger partial charge >= 0.3 is 0 Å². The number of pyridine rings is 1. The first-order valence-electron chi connectivity index (χ1n) is 19.7. The predicted molar refractivity (Wildman–Crippen MR) is 232 cm³/mol. The Morgan fingerprint density at radius 2 is 1.73 bits per heavy atom. The van der Waals surface area contributed by atoms with Crippen molar-refractivity contribution in [3.05, 3.63) is 52.2 Å². The molecular weight excluding hydrogens is 759 g/mol. The van der Waals surface area contributed by atoms with Crippen LogP contribution in [0.15, 0.2) is 41.7 Å². The van der Waals surface area contributed by atoms with Gasteiger partial charge in [0.2, 0.25) is 0 Å². The van der Waals surface area contributed by atoms with E-state index in [1.54, 1.807) is 41.5 Å². The van der Waals surface area contributed by atoms with E-state index in [2.05, 4.69) is 92.3 Å². The van der Waals surface area contributed by atoms with E-state index in [9.17, 15) is 4.79 Å². The van der Waals surface area contributed by atoms with E-state index in [1.807, 2.05) is 18.5 Å². The first kappa shape index (κ1) is 42.0. The number of hydrogen-bond acceptors (Lipinski definition) is 12. The van der Waals surface area contributed by atoms with Crippen molar-refractivity contribution in [1.29, 1.82) is 0 Å². The summed E-state index contributed by atoms with van der Waals surface area (Å²) in [4.78, 5) is 38.3. The zero-order valence-corrected chi connectivity index (χ0v) is 38.0. The lowest BCUT2D eigenvalue weighted by Crippen LogP contribution is -2.43. The average Bonchev–Trinajstić information content (AvgIpc) is 3.82. The van der Waals surface area contributed by atoms with Gasteiger partial charge in [-0.3, -0.25) is 23.7 Å². The van der Waals surface area contributed by atoms with Crippen LogP contribution in [0.3, 0.4) is 0 Å². The van der Waals surface area contributed by atoms with Gasteiger partial charge in [0.1, 0.15) is 34.6 Å². The van der Waals surface area contributed by atoms with Crippen LogP contribution in [-0.4, -0.2) is 112 Å². The van der Waals surface area contributed by atoms with Crippen molar-refractivity contribution in [3.8, 4) is 22.1 Å². The Bertz CT molecular complexity index is 2160. The van der Waals surface area contributed by atoms with E-state index in [0.717, 1.165) is 66.8 Å². The molecule has 6 heterocycles. The van der Waals surface area contributed by atoms with Crippen LogP contribution >= 0.6 is 11.3 Å². The summed E-state index contributed by atoms with van der Waals surface area (Å²) in [5.41, 5.74) is 2.00. The highest BCUT2D eigenvalue weighted by Crippen LogP contribution is 2.38. The average molecular weight is 820 g/mol. The maximum atomic E-state index is 13.3. The molecule has 14 nitrogen and oxygen atoms in total. The molecule has 0 bridgehead atoms. The Morgan fingerprint density at radius 3 is 2.45 bits per heavy atom. The number of ether oxygens (including phenoxy) is 1. The summed E-state index contributed by atoms with van der Waals surface area (Å²) in [7, 11) is 0.792. The van der Waals surface area contributed by atoms with Gasteiger partial charge in [0, 0.05) is 102 Å². The van der Waals surface area contributed by atoms with Crippen LogP contribution in [0.2, 0.25) is 43.8 Å². The lowest BCUT2D eigenvalue weighted by molar-refractivity contribution is 0.0703. The molecule has 1 atom stereocenters. The van der Waals surface area contributed by atoms with Crippen LogP contribution in [0.5, 0.6) is 0 Å². The number of piperazine rings is 1. The lowest BCUT2D eigenvalue weighted by atomic mass is 10.2. The fraction of sp³-hybridized carbons (Fsp3) is 0.590. The van der Waals surface area contributed by atoms with Gasteiger partial charge in [0.25, 0.3) is 5.56 Å². The smallest absolute Gasteiger partial charge is 0.277 e. The number of likely N-dealkylation sites (N-methyl/N-ethyl adjacent to an activating group) is 1. The summed E-state index contributed by atoms with van der Waals surface area (Å²) in [6.07, 6.45) is 8.09. The minimum absolute atomic E-state index is 0.0569. The Kier molecular flexibility index (Phi) is 12.8. The van der Waals surface area contributed by atoms with Crippen LogP contribution in [0, 0.1) is 0 Å². The highest BCUT2D eigenvalue weighted by atomic mass is 32.1. The highest BCUT2D eigenvalue weighted by Gasteiger charge is 2.37. The highest BCUT2D eigenvalue weighted by molar-refractivity contribution is 7.15. The van der Waals surface area contributed by atoms with Crippen LogP contribution in [0.25, 0.3) is 33.0 Å². The number of hydrogen-bond donors (Lipinski definition) is 1. The topological polar surface area (TPSA) is 133 Å². The monoisotopic (exact) mass is 819 g/mol. The number of nitrogens with zero attached hydrogens (tertiary/aromatic N) is 10. The van der Waals surface area contributed by atoms with Crippen molar-refractivity contribution in [2.75, 3.05) is 51.8 Å². The zero-order valence-electron chi connectivity index (χ0n) is 35.2. The molecule has 5 aromatic heterocycles. The van der Waals surface area contributed by atoms with Crippen LogP contribution in [0.4, 0.5) is 11.6 Å². The summed E-state index contributed by atoms with van der Waals surface area (Å²) in [6.45, 7) is 27.3. The normalized spacial score (nSPS) is 15.6. The summed E-state index contributed by atoms with van der Waals surface area (Å²) in [5, 5.41) is 10.5. The first-order valence-corrected chi connectivity index (χ1v) is 27.1. The fourth-order valence-corrected chi connectivity index (χ4v) is 8.99.